The first kappa shape index (κ1) is 27.3. The maximum absolute atomic E-state index is 12.6. The van der Waals surface area contributed by atoms with Gasteiger partial charge in [-0.25, -0.2) is 4.99 Å². The highest BCUT2D eigenvalue weighted by molar-refractivity contribution is 6.22. The van der Waals surface area contributed by atoms with E-state index in [1.807, 2.05) is 72.8 Å². The smallest absolute Gasteiger partial charge is 0.262 e. The molecule has 0 bridgehead atoms. The summed E-state index contributed by atoms with van der Waals surface area (Å²) < 4.78 is 5.59. The van der Waals surface area contributed by atoms with Gasteiger partial charge < -0.3 is 20.1 Å². The number of hydrogen-bond acceptors (Lipinski definition) is 5. The third kappa shape index (κ3) is 6.53. The summed E-state index contributed by atoms with van der Waals surface area (Å²) in [5.74, 6) is 0.371. The third-order valence-corrected chi connectivity index (χ3v) is 7.49. The minimum atomic E-state index is -0.277. The minimum Gasteiger partial charge on any atom is -0.494 e. The quantitative estimate of drug-likeness (QED) is 0.169. The van der Waals surface area contributed by atoms with Gasteiger partial charge in [-0.05, 0) is 74.0 Å². The number of likely N-dealkylation sites (tertiary alicyclic amines) is 1. The second-order valence-corrected chi connectivity index (χ2v) is 10.6. The molecule has 1 saturated heterocycles. The lowest BCUT2D eigenvalue weighted by molar-refractivity contribution is -0.118. The third-order valence-electron chi connectivity index (χ3n) is 7.49. The summed E-state index contributed by atoms with van der Waals surface area (Å²) in [5.41, 5.74) is 5.48. The molecule has 0 saturated carbocycles. The number of H-pyrrole nitrogens is 1. The maximum Gasteiger partial charge on any atom is 0.262 e. The lowest BCUT2D eigenvalue weighted by Gasteiger charge is -2.26. The topological polar surface area (TPSA) is 89.9 Å². The number of ether oxygens (including phenoxy) is 1. The van der Waals surface area contributed by atoms with E-state index < -0.39 is 0 Å². The van der Waals surface area contributed by atoms with Crippen molar-refractivity contribution in [3.8, 4) is 11.6 Å². The van der Waals surface area contributed by atoms with Crippen molar-refractivity contribution in [1.29, 1.82) is 0 Å². The number of carbonyl (C=O) groups excluding carboxylic acids is 1. The molecule has 7 heteroatoms. The largest absolute Gasteiger partial charge is 0.494 e. The summed E-state index contributed by atoms with van der Waals surface area (Å²) >= 11 is 0. The van der Waals surface area contributed by atoms with Crippen LogP contribution in [0.25, 0.3) is 10.9 Å². The molecule has 0 aliphatic carbocycles. The number of para-hydroxylation sites is 1. The number of aliphatic imine (C=N–C) groups is 1. The summed E-state index contributed by atoms with van der Waals surface area (Å²) in [6.45, 7) is 3.14. The Labute approximate surface area is 245 Å². The van der Waals surface area contributed by atoms with Gasteiger partial charge in [0, 0.05) is 28.7 Å². The Morgan fingerprint density at radius 2 is 1.60 bits per heavy atom. The highest BCUT2D eigenvalue weighted by Gasteiger charge is 2.20. The number of aromatic nitrogens is 1. The molecule has 1 fully saturated rings. The molecule has 0 spiro atoms. The molecule has 2 heterocycles. The van der Waals surface area contributed by atoms with Crippen LogP contribution in [0.2, 0.25) is 0 Å². The molecule has 1 amide bonds. The van der Waals surface area contributed by atoms with E-state index >= 15 is 0 Å². The molecule has 1 aliphatic heterocycles. The highest BCUT2D eigenvalue weighted by Crippen LogP contribution is 2.33. The molecule has 1 aliphatic rings. The number of hydrogen-bond donors (Lipinski definition) is 3. The average molecular weight is 559 g/mol. The second-order valence-electron chi connectivity index (χ2n) is 10.6. The predicted molar refractivity (Wildman–Crippen MR) is 168 cm³/mol. The molecule has 5 aromatic rings. The molecular weight excluding hydrogens is 524 g/mol. The van der Waals surface area contributed by atoms with Gasteiger partial charge in [0.15, 0.2) is 12.5 Å². The summed E-state index contributed by atoms with van der Waals surface area (Å²) in [5, 5.41) is 14.8. The van der Waals surface area contributed by atoms with Gasteiger partial charge in [0.25, 0.3) is 5.91 Å². The first-order chi connectivity index (χ1) is 20.6. The normalized spacial score (nSPS) is 14.1. The van der Waals surface area contributed by atoms with Gasteiger partial charge in [-0.3, -0.25) is 9.69 Å². The van der Waals surface area contributed by atoms with Crippen molar-refractivity contribution in [3.63, 3.8) is 0 Å². The van der Waals surface area contributed by atoms with Crippen molar-refractivity contribution in [1.82, 2.24) is 9.88 Å². The number of anilines is 1. The Balaban J connectivity index is 1.29. The Morgan fingerprint density at radius 3 is 2.33 bits per heavy atom. The minimum absolute atomic E-state index is 0.0187. The zero-order valence-corrected chi connectivity index (χ0v) is 23.4. The second kappa shape index (κ2) is 12.7. The van der Waals surface area contributed by atoms with E-state index in [0.717, 1.165) is 41.8 Å². The number of amides is 1. The monoisotopic (exact) mass is 558 g/mol. The van der Waals surface area contributed by atoms with Crippen LogP contribution in [0.4, 0.5) is 11.4 Å². The summed E-state index contributed by atoms with van der Waals surface area (Å²) in [7, 11) is 0. The molecule has 3 N–H and O–H groups in total. The number of nitrogens with zero attached hydrogens (tertiary/aromatic N) is 2. The van der Waals surface area contributed by atoms with Crippen molar-refractivity contribution < 1.29 is 14.6 Å². The van der Waals surface area contributed by atoms with Crippen molar-refractivity contribution in [3.05, 3.63) is 120 Å². The number of aromatic hydroxyl groups is 1. The van der Waals surface area contributed by atoms with Crippen LogP contribution < -0.4 is 10.1 Å². The van der Waals surface area contributed by atoms with Gasteiger partial charge in [-0.2, -0.15) is 0 Å². The summed E-state index contributed by atoms with van der Waals surface area (Å²) in [6.07, 6.45) is 3.86. The van der Waals surface area contributed by atoms with E-state index in [1.54, 1.807) is 18.2 Å². The van der Waals surface area contributed by atoms with Crippen molar-refractivity contribution in [2.45, 2.75) is 25.8 Å². The van der Waals surface area contributed by atoms with Crippen molar-refractivity contribution >= 4 is 33.9 Å². The molecule has 6 rings (SSSR count). The molecule has 0 radical (unpaired) electrons. The first-order valence-corrected chi connectivity index (χ1v) is 14.4. The van der Waals surface area contributed by atoms with E-state index in [-0.39, 0.29) is 18.4 Å². The average Bonchev–Trinajstić information content (AvgIpc) is 3.36. The SMILES string of the molecule is O=C(COc1ccccc1)Nc1ccc2[nH]c(O)c(C(=Nc3ccc(CN4CCCCC4)cc3)c3ccccc3)c2c1. The van der Waals surface area contributed by atoms with Crippen LogP contribution in [0.5, 0.6) is 11.6 Å². The van der Waals surface area contributed by atoms with Crippen LogP contribution in [-0.4, -0.2) is 46.3 Å². The number of rotatable bonds is 9. The summed E-state index contributed by atoms with van der Waals surface area (Å²) in [6, 6.07) is 32.9. The lowest BCUT2D eigenvalue weighted by atomic mass is 10.0. The van der Waals surface area contributed by atoms with Gasteiger partial charge >= 0.3 is 0 Å². The van der Waals surface area contributed by atoms with Gasteiger partial charge in [0.05, 0.1) is 17.0 Å². The summed E-state index contributed by atoms with van der Waals surface area (Å²) in [4.78, 5) is 23.3. The number of aromatic amines is 1. The Morgan fingerprint density at radius 1 is 0.881 bits per heavy atom. The molecule has 212 valence electrons. The zero-order valence-electron chi connectivity index (χ0n) is 23.4. The Bertz CT molecular complexity index is 1670. The van der Waals surface area contributed by atoms with E-state index in [9.17, 15) is 9.90 Å². The maximum atomic E-state index is 12.6. The van der Waals surface area contributed by atoms with E-state index in [2.05, 4.69) is 27.3 Å². The molecule has 1 aromatic heterocycles. The van der Waals surface area contributed by atoms with Gasteiger partial charge in [0.1, 0.15) is 5.75 Å². The number of piperidine rings is 1. The number of fused-ring (bicyclic) bond motifs is 1. The predicted octanol–water partition coefficient (Wildman–Crippen LogP) is 7.05. The number of nitrogens with one attached hydrogen (secondary N) is 2. The zero-order chi connectivity index (χ0) is 28.7. The molecule has 7 nitrogen and oxygen atoms in total. The van der Waals surface area contributed by atoms with Gasteiger partial charge in [0.2, 0.25) is 0 Å². The molecular formula is C35H34N4O3. The highest BCUT2D eigenvalue weighted by atomic mass is 16.5. The molecule has 42 heavy (non-hydrogen) atoms. The Kier molecular flexibility index (Phi) is 8.28. The van der Waals surface area contributed by atoms with Crippen molar-refractivity contribution in [2.75, 3.05) is 25.0 Å². The van der Waals surface area contributed by atoms with Crippen LogP contribution in [0.3, 0.4) is 0 Å². The van der Waals surface area contributed by atoms with Crippen LogP contribution in [0.1, 0.15) is 36.0 Å². The number of benzene rings is 4. The van der Waals surface area contributed by atoms with Gasteiger partial charge in [-0.1, -0.05) is 67.1 Å². The van der Waals surface area contributed by atoms with Crippen molar-refractivity contribution in [2.24, 2.45) is 4.99 Å². The number of carbonyl (C=O) groups is 1. The van der Waals surface area contributed by atoms with Crippen LogP contribution in [0.15, 0.2) is 108 Å². The van der Waals surface area contributed by atoms with Gasteiger partial charge in [-0.15, -0.1) is 0 Å². The fourth-order valence-electron chi connectivity index (χ4n) is 5.40. The fourth-order valence-corrected chi connectivity index (χ4v) is 5.40. The molecule has 0 atom stereocenters. The van der Waals surface area contributed by atoms with E-state index in [0.29, 0.717) is 22.7 Å². The van der Waals surface area contributed by atoms with E-state index in [4.69, 9.17) is 9.73 Å². The van der Waals surface area contributed by atoms with Crippen LogP contribution >= 0.6 is 0 Å². The Hall–Kier alpha value is -4.88. The first-order valence-electron chi connectivity index (χ1n) is 14.4. The van der Waals surface area contributed by atoms with E-state index in [1.165, 1.54) is 24.8 Å². The van der Waals surface area contributed by atoms with Crippen LogP contribution in [-0.2, 0) is 11.3 Å². The lowest BCUT2D eigenvalue weighted by Crippen LogP contribution is -2.28. The fraction of sp³-hybridized carbons (Fsp3) is 0.200. The van der Waals surface area contributed by atoms with Crippen LogP contribution in [0, 0.1) is 0 Å². The molecule has 0 unspecified atom stereocenters. The molecule has 4 aromatic carbocycles. The standard InChI is InChI=1S/C35H34N4O3/c40-32(24-42-29-12-6-2-7-13-29)36-28-18-19-31-30(22-28)33(35(41)38-31)34(26-10-4-1-5-11-26)37-27-16-14-25(15-17-27)23-39-20-8-3-9-21-39/h1-2,4-7,10-19,22,38,41H,3,8-9,20-21,23-24H2,(H,36,40).